The van der Waals surface area contributed by atoms with Crippen LogP contribution in [0.1, 0.15) is 0 Å². The summed E-state index contributed by atoms with van der Waals surface area (Å²) < 4.78 is 39.6. The summed E-state index contributed by atoms with van der Waals surface area (Å²) in [7, 11) is 0. The smallest absolute Gasteiger partial charge is 0.154 e. The Balaban J connectivity index is 2.64. The van der Waals surface area contributed by atoms with Crippen molar-refractivity contribution in [1.29, 1.82) is 0 Å². The molecule has 0 unspecified atom stereocenters. The van der Waals surface area contributed by atoms with E-state index in [9.17, 15) is 13.2 Å². The third kappa shape index (κ3) is 1.34. The minimum atomic E-state index is -1.02. The van der Waals surface area contributed by atoms with Crippen LogP contribution < -0.4 is 0 Å². The van der Waals surface area contributed by atoms with Crippen LogP contribution in [-0.2, 0) is 0 Å². The Kier molecular flexibility index (Phi) is 1.95. The maximum Gasteiger partial charge on any atom is 0.154 e. The molecule has 3 nitrogen and oxygen atoms in total. The predicted molar refractivity (Wildman–Crippen MR) is 41.2 cm³/mol. The molecule has 0 N–H and O–H groups in total. The minimum Gasteiger partial charge on any atom is -0.223 e. The minimum absolute atomic E-state index is 0.441. The Morgan fingerprint density at radius 3 is 2.21 bits per heavy atom. The van der Waals surface area contributed by atoms with E-state index in [4.69, 9.17) is 0 Å². The molecule has 14 heavy (non-hydrogen) atoms. The first-order valence-corrected chi connectivity index (χ1v) is 3.68. The highest BCUT2D eigenvalue weighted by Gasteiger charge is 2.13. The highest BCUT2D eigenvalue weighted by atomic mass is 19.1. The molecule has 0 bridgehead atoms. The second-order valence-corrected chi connectivity index (χ2v) is 2.56. The summed E-state index contributed by atoms with van der Waals surface area (Å²) in [6.07, 6.45) is 2.25. The van der Waals surface area contributed by atoms with Crippen LogP contribution >= 0.6 is 0 Å². The van der Waals surface area contributed by atoms with Gasteiger partial charge in [0.25, 0.3) is 0 Å². The molecule has 1 aromatic heterocycles. The summed E-state index contributed by atoms with van der Waals surface area (Å²) >= 11 is 0. The number of halogens is 3. The van der Waals surface area contributed by atoms with Crippen molar-refractivity contribution in [3.05, 3.63) is 42.2 Å². The first-order chi connectivity index (χ1) is 6.68. The molecule has 72 valence electrons. The summed E-state index contributed by atoms with van der Waals surface area (Å²) in [5.41, 5.74) is -0.441. The van der Waals surface area contributed by atoms with Crippen LogP contribution in [0, 0.1) is 17.5 Å². The average molecular weight is 199 g/mol. The zero-order valence-corrected chi connectivity index (χ0v) is 6.78. The van der Waals surface area contributed by atoms with Crippen molar-refractivity contribution in [3.8, 4) is 5.69 Å². The first-order valence-electron chi connectivity index (χ1n) is 3.68. The maximum atomic E-state index is 13.1. The van der Waals surface area contributed by atoms with Crippen LogP contribution in [-0.4, -0.2) is 14.8 Å². The lowest BCUT2D eigenvalue weighted by atomic mass is 10.3. The number of nitrogens with zero attached hydrogens (tertiary/aromatic N) is 3. The molecule has 2 aromatic rings. The van der Waals surface area contributed by atoms with E-state index in [0.717, 1.165) is 17.3 Å². The van der Waals surface area contributed by atoms with E-state index in [1.807, 2.05) is 0 Å². The standard InChI is InChI=1S/C8H4F3N3/c9-5-1-6(10)8(7(11)2-5)14-4-12-3-13-14/h1-4H. The first kappa shape index (κ1) is 8.74. The third-order valence-electron chi connectivity index (χ3n) is 1.63. The van der Waals surface area contributed by atoms with Crippen molar-refractivity contribution >= 4 is 0 Å². The van der Waals surface area contributed by atoms with Gasteiger partial charge in [0.2, 0.25) is 0 Å². The molecule has 0 saturated carbocycles. The highest BCUT2D eigenvalue weighted by molar-refractivity contribution is 5.34. The SMILES string of the molecule is Fc1cc(F)c(-n2cncn2)c(F)c1. The van der Waals surface area contributed by atoms with Gasteiger partial charge in [-0.3, -0.25) is 0 Å². The molecule has 0 aliphatic heterocycles. The molecular formula is C8H4F3N3. The lowest BCUT2D eigenvalue weighted by Gasteiger charge is -2.03. The fourth-order valence-electron chi connectivity index (χ4n) is 1.08. The van der Waals surface area contributed by atoms with Crippen molar-refractivity contribution in [2.75, 3.05) is 0 Å². The van der Waals surface area contributed by atoms with Gasteiger partial charge in [-0.15, -0.1) is 0 Å². The lowest BCUT2D eigenvalue weighted by molar-refractivity contribution is 0.528. The Morgan fingerprint density at radius 2 is 1.71 bits per heavy atom. The van der Waals surface area contributed by atoms with Gasteiger partial charge in [-0.05, 0) is 0 Å². The molecule has 1 heterocycles. The van der Waals surface area contributed by atoms with Crippen LogP contribution in [0.25, 0.3) is 5.69 Å². The number of hydrogen-bond acceptors (Lipinski definition) is 2. The van der Waals surface area contributed by atoms with Gasteiger partial charge in [-0.2, -0.15) is 5.10 Å². The molecule has 0 fully saturated rings. The van der Waals surface area contributed by atoms with Crippen LogP contribution in [0.5, 0.6) is 0 Å². The number of rotatable bonds is 1. The molecule has 6 heteroatoms. The van der Waals surface area contributed by atoms with Crippen molar-refractivity contribution < 1.29 is 13.2 Å². The zero-order chi connectivity index (χ0) is 10.1. The van der Waals surface area contributed by atoms with Gasteiger partial charge < -0.3 is 0 Å². The van der Waals surface area contributed by atoms with E-state index < -0.39 is 23.1 Å². The topological polar surface area (TPSA) is 30.7 Å². The van der Waals surface area contributed by atoms with Crippen molar-refractivity contribution in [3.63, 3.8) is 0 Å². The number of aromatic nitrogens is 3. The highest BCUT2D eigenvalue weighted by Crippen LogP contribution is 2.17. The Bertz CT molecular complexity index is 430. The van der Waals surface area contributed by atoms with Gasteiger partial charge in [0, 0.05) is 12.1 Å². The Morgan fingerprint density at radius 1 is 1.07 bits per heavy atom. The monoisotopic (exact) mass is 199 g/mol. The van der Waals surface area contributed by atoms with Crippen LogP contribution in [0.4, 0.5) is 13.2 Å². The normalized spacial score (nSPS) is 10.5. The average Bonchev–Trinajstić information content (AvgIpc) is 2.54. The van der Waals surface area contributed by atoms with Gasteiger partial charge in [0.1, 0.15) is 24.2 Å². The number of hydrogen-bond donors (Lipinski definition) is 0. The summed E-state index contributed by atoms with van der Waals surface area (Å²) in [5.74, 6) is -3.01. The number of benzene rings is 1. The van der Waals surface area contributed by atoms with Gasteiger partial charge in [0.15, 0.2) is 11.6 Å². The van der Waals surface area contributed by atoms with Crippen molar-refractivity contribution in [1.82, 2.24) is 14.8 Å². The maximum absolute atomic E-state index is 13.1. The van der Waals surface area contributed by atoms with Gasteiger partial charge in [0.05, 0.1) is 0 Å². The van der Waals surface area contributed by atoms with Gasteiger partial charge >= 0.3 is 0 Å². The molecule has 2 rings (SSSR count). The van der Waals surface area contributed by atoms with Crippen molar-refractivity contribution in [2.45, 2.75) is 0 Å². The van der Waals surface area contributed by atoms with E-state index in [2.05, 4.69) is 10.1 Å². The molecule has 0 radical (unpaired) electrons. The molecular weight excluding hydrogens is 195 g/mol. The molecule has 0 amide bonds. The molecule has 0 aliphatic rings. The fourth-order valence-corrected chi connectivity index (χ4v) is 1.08. The molecule has 0 aliphatic carbocycles. The van der Waals surface area contributed by atoms with Gasteiger partial charge in [-0.1, -0.05) is 0 Å². The Labute approximate surface area is 76.8 Å². The predicted octanol–water partition coefficient (Wildman–Crippen LogP) is 1.68. The molecule has 0 atom stereocenters. The van der Waals surface area contributed by atoms with E-state index in [0.29, 0.717) is 12.1 Å². The van der Waals surface area contributed by atoms with Crippen LogP contribution in [0.2, 0.25) is 0 Å². The van der Waals surface area contributed by atoms with Crippen molar-refractivity contribution in [2.24, 2.45) is 0 Å². The van der Waals surface area contributed by atoms with E-state index in [1.54, 1.807) is 0 Å². The van der Waals surface area contributed by atoms with E-state index in [1.165, 1.54) is 0 Å². The van der Waals surface area contributed by atoms with Crippen LogP contribution in [0.3, 0.4) is 0 Å². The summed E-state index contributed by atoms with van der Waals surface area (Å²) in [6, 6.07) is 1.17. The van der Waals surface area contributed by atoms with Crippen LogP contribution in [0.15, 0.2) is 24.8 Å². The molecule has 1 aromatic carbocycles. The zero-order valence-electron chi connectivity index (χ0n) is 6.78. The second-order valence-electron chi connectivity index (χ2n) is 2.56. The van der Waals surface area contributed by atoms with Gasteiger partial charge in [-0.25, -0.2) is 22.8 Å². The molecule has 0 saturated heterocycles. The summed E-state index contributed by atoms with van der Waals surface area (Å²) in [6.45, 7) is 0. The van der Waals surface area contributed by atoms with E-state index >= 15 is 0 Å². The van der Waals surface area contributed by atoms with E-state index in [-0.39, 0.29) is 0 Å². The summed E-state index contributed by atoms with van der Waals surface area (Å²) in [4.78, 5) is 3.53. The molecule has 0 spiro atoms. The third-order valence-corrected chi connectivity index (χ3v) is 1.63. The largest absolute Gasteiger partial charge is 0.223 e. The lowest BCUT2D eigenvalue weighted by Crippen LogP contribution is -2.02. The quantitative estimate of drug-likeness (QED) is 0.699. The Hall–Kier alpha value is -1.85. The summed E-state index contributed by atoms with van der Waals surface area (Å²) in [5, 5.41) is 3.54. The fraction of sp³-hybridized carbons (Fsp3) is 0. The second kappa shape index (κ2) is 3.13.